The Hall–Kier alpha value is -1.40. The van der Waals surface area contributed by atoms with Crippen LogP contribution in [0.15, 0.2) is 15.7 Å². The predicted molar refractivity (Wildman–Crippen MR) is 65.1 cm³/mol. The van der Waals surface area contributed by atoms with Crippen LogP contribution < -0.4 is 16.6 Å². The van der Waals surface area contributed by atoms with Crippen LogP contribution in [0.25, 0.3) is 0 Å². The van der Waals surface area contributed by atoms with Gasteiger partial charge in [0, 0.05) is 46.1 Å². The Balaban J connectivity index is 2.66. The van der Waals surface area contributed by atoms with E-state index in [0.717, 1.165) is 17.5 Å². The Labute approximate surface area is 99.8 Å². The highest BCUT2D eigenvalue weighted by Gasteiger charge is 2.04. The topological polar surface area (TPSA) is 65.3 Å². The number of nitrogens with one attached hydrogen (secondary N) is 1. The van der Waals surface area contributed by atoms with Gasteiger partial charge in [0.1, 0.15) is 0 Å². The van der Waals surface area contributed by atoms with Gasteiger partial charge in [0.15, 0.2) is 0 Å². The molecule has 0 bridgehead atoms. The number of rotatable bonds is 6. The predicted octanol–water partition coefficient (Wildman–Crippen LogP) is -0.790. The van der Waals surface area contributed by atoms with E-state index in [9.17, 15) is 9.59 Å². The normalized spacial score (nSPS) is 10.8. The highest BCUT2D eigenvalue weighted by atomic mass is 16.5. The van der Waals surface area contributed by atoms with Crippen molar-refractivity contribution in [3.63, 3.8) is 0 Å². The van der Waals surface area contributed by atoms with Crippen molar-refractivity contribution in [2.45, 2.75) is 13.0 Å². The molecule has 6 heteroatoms. The average molecular weight is 241 g/mol. The Morgan fingerprint density at radius 3 is 2.65 bits per heavy atom. The van der Waals surface area contributed by atoms with Gasteiger partial charge in [-0.1, -0.05) is 0 Å². The summed E-state index contributed by atoms with van der Waals surface area (Å²) in [5, 5.41) is 3.16. The molecule has 0 saturated carbocycles. The van der Waals surface area contributed by atoms with E-state index >= 15 is 0 Å². The van der Waals surface area contributed by atoms with E-state index in [1.165, 1.54) is 17.7 Å². The molecular formula is C11H19N3O3. The minimum absolute atomic E-state index is 0.276. The third-order valence-corrected chi connectivity index (χ3v) is 2.63. The molecule has 0 atom stereocenters. The van der Waals surface area contributed by atoms with Crippen LogP contribution in [0.3, 0.4) is 0 Å². The van der Waals surface area contributed by atoms with E-state index in [2.05, 4.69) is 5.32 Å². The summed E-state index contributed by atoms with van der Waals surface area (Å²) in [6.07, 6.45) is 0.898. The summed E-state index contributed by atoms with van der Waals surface area (Å²) >= 11 is 0. The summed E-state index contributed by atoms with van der Waals surface area (Å²) in [6, 6.07) is 1.48. The second-order valence-corrected chi connectivity index (χ2v) is 3.90. The van der Waals surface area contributed by atoms with Crippen LogP contribution >= 0.6 is 0 Å². The summed E-state index contributed by atoms with van der Waals surface area (Å²) in [7, 11) is 4.79. The van der Waals surface area contributed by atoms with Crippen molar-refractivity contribution >= 4 is 0 Å². The van der Waals surface area contributed by atoms with Gasteiger partial charge in [-0.3, -0.25) is 13.9 Å². The van der Waals surface area contributed by atoms with E-state index in [1.54, 1.807) is 14.2 Å². The van der Waals surface area contributed by atoms with E-state index < -0.39 is 0 Å². The first-order valence-electron chi connectivity index (χ1n) is 5.53. The molecule has 0 spiro atoms. The van der Waals surface area contributed by atoms with Crippen LogP contribution in [-0.4, -0.2) is 29.4 Å². The number of ether oxygens (including phenoxy) is 1. The maximum atomic E-state index is 11.6. The number of methoxy groups -OCH3 is 1. The smallest absolute Gasteiger partial charge is 0.330 e. The number of hydrogen-bond acceptors (Lipinski definition) is 4. The fourth-order valence-electron chi connectivity index (χ4n) is 1.51. The van der Waals surface area contributed by atoms with Crippen molar-refractivity contribution in [2.24, 2.45) is 14.1 Å². The van der Waals surface area contributed by atoms with E-state index in [1.807, 2.05) is 0 Å². The standard InChI is InChI=1S/C11H19N3O3/c1-13-9(8-12-5-4-6-17-3)7-10(15)14(2)11(13)16/h7,12H,4-6,8H2,1-3H3. The first-order valence-corrected chi connectivity index (χ1v) is 5.53. The molecule has 6 nitrogen and oxygen atoms in total. The molecule has 0 aliphatic carbocycles. The first kappa shape index (κ1) is 13.7. The molecule has 0 aliphatic heterocycles. The maximum absolute atomic E-state index is 11.6. The second kappa shape index (κ2) is 6.36. The van der Waals surface area contributed by atoms with Gasteiger partial charge >= 0.3 is 5.69 Å². The minimum atomic E-state index is -0.300. The van der Waals surface area contributed by atoms with Crippen molar-refractivity contribution in [2.75, 3.05) is 20.3 Å². The SMILES string of the molecule is COCCCNCc1cc(=O)n(C)c(=O)n1C. The molecule has 1 rings (SSSR count). The van der Waals surface area contributed by atoms with Gasteiger partial charge in [-0.15, -0.1) is 0 Å². The molecule has 0 aromatic carbocycles. The Bertz CT molecular complexity index is 476. The van der Waals surface area contributed by atoms with E-state index in [0.29, 0.717) is 18.8 Å². The van der Waals surface area contributed by atoms with Gasteiger partial charge in [-0.25, -0.2) is 4.79 Å². The van der Waals surface area contributed by atoms with Crippen LogP contribution in [0, 0.1) is 0 Å². The molecule has 0 fully saturated rings. The van der Waals surface area contributed by atoms with Gasteiger partial charge < -0.3 is 10.1 Å². The zero-order valence-electron chi connectivity index (χ0n) is 10.5. The Kier molecular flexibility index (Phi) is 5.11. The number of hydrogen-bond donors (Lipinski definition) is 1. The van der Waals surface area contributed by atoms with Gasteiger partial charge in [0.05, 0.1) is 0 Å². The van der Waals surface area contributed by atoms with Gasteiger partial charge in [-0.05, 0) is 13.0 Å². The Morgan fingerprint density at radius 2 is 2.00 bits per heavy atom. The molecule has 96 valence electrons. The van der Waals surface area contributed by atoms with E-state index in [4.69, 9.17) is 4.74 Å². The fourth-order valence-corrected chi connectivity index (χ4v) is 1.51. The summed E-state index contributed by atoms with van der Waals surface area (Å²) < 4.78 is 7.49. The lowest BCUT2D eigenvalue weighted by atomic mass is 10.3. The third kappa shape index (κ3) is 3.54. The lowest BCUT2D eigenvalue weighted by molar-refractivity contribution is 0.194. The fraction of sp³-hybridized carbons (Fsp3) is 0.636. The van der Waals surface area contributed by atoms with Crippen molar-refractivity contribution in [3.05, 3.63) is 32.6 Å². The average Bonchev–Trinajstić information content (AvgIpc) is 2.32. The Morgan fingerprint density at radius 1 is 1.29 bits per heavy atom. The van der Waals surface area contributed by atoms with Crippen LogP contribution in [0.1, 0.15) is 12.1 Å². The lowest BCUT2D eigenvalue weighted by Crippen LogP contribution is -2.39. The van der Waals surface area contributed by atoms with E-state index in [-0.39, 0.29) is 11.2 Å². The van der Waals surface area contributed by atoms with Crippen molar-refractivity contribution < 1.29 is 4.74 Å². The molecule has 0 radical (unpaired) electrons. The van der Waals surface area contributed by atoms with Crippen molar-refractivity contribution in [3.8, 4) is 0 Å². The van der Waals surface area contributed by atoms with Crippen LogP contribution in [0.5, 0.6) is 0 Å². The highest BCUT2D eigenvalue weighted by Crippen LogP contribution is 1.90. The zero-order chi connectivity index (χ0) is 12.8. The summed E-state index contributed by atoms with van der Waals surface area (Å²) in [6.45, 7) is 1.99. The summed E-state index contributed by atoms with van der Waals surface area (Å²) in [5.41, 5.74) is 0.114. The van der Waals surface area contributed by atoms with Gasteiger partial charge in [0.25, 0.3) is 5.56 Å². The molecule has 1 heterocycles. The van der Waals surface area contributed by atoms with Crippen molar-refractivity contribution in [1.82, 2.24) is 14.5 Å². The monoisotopic (exact) mass is 241 g/mol. The van der Waals surface area contributed by atoms with Gasteiger partial charge in [-0.2, -0.15) is 0 Å². The molecule has 0 unspecified atom stereocenters. The highest BCUT2D eigenvalue weighted by molar-refractivity contribution is 5.01. The molecule has 1 aromatic rings. The van der Waals surface area contributed by atoms with Crippen LogP contribution in [-0.2, 0) is 25.4 Å². The number of aromatic nitrogens is 2. The number of nitrogens with zero attached hydrogens (tertiary/aromatic N) is 2. The molecule has 0 amide bonds. The molecule has 17 heavy (non-hydrogen) atoms. The molecule has 0 aliphatic rings. The maximum Gasteiger partial charge on any atom is 0.330 e. The van der Waals surface area contributed by atoms with Gasteiger partial charge in [0.2, 0.25) is 0 Å². The zero-order valence-corrected chi connectivity index (χ0v) is 10.5. The van der Waals surface area contributed by atoms with Crippen LogP contribution in [0.2, 0.25) is 0 Å². The first-order chi connectivity index (χ1) is 8.07. The summed E-state index contributed by atoms with van der Waals surface area (Å²) in [4.78, 5) is 23.1. The lowest BCUT2D eigenvalue weighted by Gasteiger charge is -2.10. The van der Waals surface area contributed by atoms with Crippen molar-refractivity contribution in [1.29, 1.82) is 0 Å². The largest absolute Gasteiger partial charge is 0.385 e. The summed E-state index contributed by atoms with van der Waals surface area (Å²) in [5.74, 6) is 0. The minimum Gasteiger partial charge on any atom is -0.385 e. The van der Waals surface area contributed by atoms with Crippen LogP contribution in [0.4, 0.5) is 0 Å². The third-order valence-electron chi connectivity index (χ3n) is 2.63. The molecular weight excluding hydrogens is 222 g/mol. The molecule has 1 N–H and O–H groups in total. The second-order valence-electron chi connectivity index (χ2n) is 3.90. The molecule has 1 aromatic heterocycles. The quantitative estimate of drug-likeness (QED) is 0.663. The molecule has 0 saturated heterocycles.